The van der Waals surface area contributed by atoms with Crippen LogP contribution in [0.15, 0.2) is 6.20 Å². The van der Waals surface area contributed by atoms with Crippen molar-refractivity contribution in [3.05, 3.63) is 11.8 Å². The Morgan fingerprint density at radius 3 is 2.63 bits per heavy atom. The fraction of sp³-hybridized carbons (Fsp3) is 0.727. The minimum Gasteiger partial charge on any atom is -0.378 e. The highest BCUT2D eigenvalue weighted by molar-refractivity contribution is 5.46. The molecule has 0 aliphatic carbocycles. The van der Waals surface area contributed by atoms with Crippen LogP contribution in [0.4, 0.5) is 19.0 Å². The molecular formula is C11H17F3N4O. The van der Waals surface area contributed by atoms with E-state index in [4.69, 9.17) is 4.74 Å². The van der Waals surface area contributed by atoms with Gasteiger partial charge in [-0.05, 0) is 7.05 Å². The molecule has 0 atom stereocenters. The lowest BCUT2D eigenvalue weighted by molar-refractivity contribution is -0.142. The van der Waals surface area contributed by atoms with Gasteiger partial charge in [-0.2, -0.15) is 18.3 Å². The molecule has 1 aliphatic rings. The van der Waals surface area contributed by atoms with E-state index in [1.165, 1.54) is 6.20 Å². The SMILES string of the molecule is CNCc1cn(CC(F)(F)F)nc1N1CCOCC1. The van der Waals surface area contributed by atoms with Gasteiger partial charge < -0.3 is 15.0 Å². The first kappa shape index (κ1) is 14.1. The Hall–Kier alpha value is -1.28. The van der Waals surface area contributed by atoms with Gasteiger partial charge in [-0.15, -0.1) is 0 Å². The monoisotopic (exact) mass is 278 g/mol. The van der Waals surface area contributed by atoms with Gasteiger partial charge in [0.15, 0.2) is 5.82 Å². The molecule has 0 spiro atoms. The van der Waals surface area contributed by atoms with E-state index in [2.05, 4.69) is 10.4 Å². The Morgan fingerprint density at radius 1 is 1.37 bits per heavy atom. The van der Waals surface area contributed by atoms with Crippen molar-refractivity contribution in [2.75, 3.05) is 38.3 Å². The van der Waals surface area contributed by atoms with Crippen molar-refractivity contribution in [2.45, 2.75) is 19.3 Å². The summed E-state index contributed by atoms with van der Waals surface area (Å²) in [5, 5.41) is 7.01. The van der Waals surface area contributed by atoms with Crippen molar-refractivity contribution >= 4 is 5.82 Å². The van der Waals surface area contributed by atoms with Crippen LogP contribution in [0.1, 0.15) is 5.56 Å². The average molecular weight is 278 g/mol. The Balaban J connectivity index is 2.19. The first-order chi connectivity index (χ1) is 8.99. The fourth-order valence-corrected chi connectivity index (χ4v) is 2.07. The molecule has 1 aromatic rings. The van der Waals surface area contributed by atoms with Gasteiger partial charge in [0.05, 0.1) is 13.2 Å². The van der Waals surface area contributed by atoms with Crippen LogP contribution in [-0.4, -0.2) is 49.3 Å². The second-order valence-electron chi connectivity index (χ2n) is 4.42. The quantitative estimate of drug-likeness (QED) is 0.892. The van der Waals surface area contributed by atoms with Crippen LogP contribution in [0.5, 0.6) is 0 Å². The van der Waals surface area contributed by atoms with Crippen molar-refractivity contribution in [3.8, 4) is 0 Å². The van der Waals surface area contributed by atoms with E-state index < -0.39 is 12.7 Å². The summed E-state index contributed by atoms with van der Waals surface area (Å²) >= 11 is 0. The van der Waals surface area contributed by atoms with Crippen molar-refractivity contribution in [1.29, 1.82) is 0 Å². The van der Waals surface area contributed by atoms with E-state index in [0.29, 0.717) is 38.7 Å². The Labute approximate surface area is 109 Å². The molecule has 0 amide bonds. The van der Waals surface area contributed by atoms with E-state index in [0.717, 1.165) is 10.2 Å². The number of morpholine rings is 1. The third-order valence-corrected chi connectivity index (χ3v) is 2.83. The third kappa shape index (κ3) is 3.84. The number of rotatable bonds is 4. The number of anilines is 1. The zero-order chi connectivity index (χ0) is 13.9. The molecule has 0 bridgehead atoms. The first-order valence-electron chi connectivity index (χ1n) is 6.10. The Kier molecular flexibility index (Phi) is 4.31. The minimum atomic E-state index is -4.26. The lowest BCUT2D eigenvalue weighted by Crippen LogP contribution is -2.37. The van der Waals surface area contributed by atoms with E-state index in [1.807, 2.05) is 4.90 Å². The second-order valence-corrected chi connectivity index (χ2v) is 4.42. The normalized spacial score (nSPS) is 16.9. The number of halogens is 3. The molecule has 19 heavy (non-hydrogen) atoms. The maximum atomic E-state index is 12.4. The number of ether oxygens (including phenoxy) is 1. The van der Waals surface area contributed by atoms with E-state index in [-0.39, 0.29) is 0 Å². The van der Waals surface area contributed by atoms with Gasteiger partial charge in [0, 0.05) is 31.4 Å². The molecule has 1 aliphatic heterocycles. The molecule has 108 valence electrons. The third-order valence-electron chi connectivity index (χ3n) is 2.83. The van der Waals surface area contributed by atoms with Gasteiger partial charge in [-0.3, -0.25) is 4.68 Å². The van der Waals surface area contributed by atoms with Crippen LogP contribution in [-0.2, 0) is 17.8 Å². The topological polar surface area (TPSA) is 42.3 Å². The molecule has 0 unspecified atom stereocenters. The summed E-state index contributed by atoms with van der Waals surface area (Å²) in [5.41, 5.74) is 0.772. The summed E-state index contributed by atoms with van der Waals surface area (Å²) in [4.78, 5) is 1.96. The lowest BCUT2D eigenvalue weighted by atomic mass is 10.3. The Bertz CT molecular complexity index is 413. The summed E-state index contributed by atoms with van der Waals surface area (Å²) in [7, 11) is 1.75. The zero-order valence-corrected chi connectivity index (χ0v) is 10.7. The number of alkyl halides is 3. The standard InChI is InChI=1S/C11H17F3N4O/c1-15-6-9-7-18(8-11(12,13)14)16-10(9)17-2-4-19-5-3-17/h7,15H,2-6,8H2,1H3. The minimum absolute atomic E-state index is 0.491. The summed E-state index contributed by atoms with van der Waals surface area (Å²) in [5.74, 6) is 0.613. The van der Waals surface area contributed by atoms with Crippen molar-refractivity contribution in [1.82, 2.24) is 15.1 Å². The van der Waals surface area contributed by atoms with Crippen LogP contribution >= 0.6 is 0 Å². The molecule has 1 aromatic heterocycles. The molecule has 0 saturated carbocycles. The largest absolute Gasteiger partial charge is 0.408 e. The number of nitrogens with zero attached hydrogens (tertiary/aromatic N) is 3. The molecule has 2 rings (SSSR count). The van der Waals surface area contributed by atoms with Gasteiger partial charge in [-0.1, -0.05) is 0 Å². The Morgan fingerprint density at radius 2 is 2.05 bits per heavy atom. The number of aromatic nitrogens is 2. The average Bonchev–Trinajstić information content (AvgIpc) is 2.71. The maximum Gasteiger partial charge on any atom is 0.408 e. The summed E-state index contributed by atoms with van der Waals surface area (Å²) < 4.78 is 43.4. The van der Waals surface area contributed by atoms with Crippen molar-refractivity contribution in [2.24, 2.45) is 0 Å². The summed E-state index contributed by atoms with van der Waals surface area (Å²) in [6, 6.07) is 0. The van der Waals surface area contributed by atoms with Gasteiger partial charge in [0.25, 0.3) is 0 Å². The molecular weight excluding hydrogens is 261 g/mol. The van der Waals surface area contributed by atoms with Crippen LogP contribution in [0.2, 0.25) is 0 Å². The summed E-state index contributed by atoms with van der Waals surface area (Å²) in [6.07, 6.45) is -2.81. The maximum absolute atomic E-state index is 12.4. The fourth-order valence-electron chi connectivity index (χ4n) is 2.07. The predicted octanol–water partition coefficient (Wildman–Crippen LogP) is 1.00. The van der Waals surface area contributed by atoms with Crippen LogP contribution < -0.4 is 10.2 Å². The smallest absolute Gasteiger partial charge is 0.378 e. The van der Waals surface area contributed by atoms with Gasteiger partial charge in [-0.25, -0.2) is 0 Å². The van der Waals surface area contributed by atoms with Gasteiger partial charge in [0.2, 0.25) is 0 Å². The van der Waals surface area contributed by atoms with Gasteiger partial charge in [0.1, 0.15) is 6.54 Å². The van der Waals surface area contributed by atoms with E-state index >= 15 is 0 Å². The molecule has 0 aromatic carbocycles. The van der Waals surface area contributed by atoms with Crippen molar-refractivity contribution < 1.29 is 17.9 Å². The highest BCUT2D eigenvalue weighted by Gasteiger charge is 2.29. The van der Waals surface area contributed by atoms with Crippen LogP contribution in [0, 0.1) is 0 Å². The molecule has 0 radical (unpaired) electrons. The second kappa shape index (κ2) is 5.79. The number of hydrogen-bond donors (Lipinski definition) is 1. The molecule has 2 heterocycles. The van der Waals surface area contributed by atoms with Crippen LogP contribution in [0.3, 0.4) is 0 Å². The summed E-state index contributed by atoms with van der Waals surface area (Å²) in [6.45, 7) is 1.88. The highest BCUT2D eigenvalue weighted by atomic mass is 19.4. The predicted molar refractivity (Wildman–Crippen MR) is 64.1 cm³/mol. The first-order valence-corrected chi connectivity index (χ1v) is 6.10. The zero-order valence-electron chi connectivity index (χ0n) is 10.7. The highest BCUT2D eigenvalue weighted by Crippen LogP contribution is 2.23. The van der Waals surface area contributed by atoms with Crippen LogP contribution in [0.25, 0.3) is 0 Å². The number of nitrogens with one attached hydrogen (secondary N) is 1. The molecule has 1 saturated heterocycles. The lowest BCUT2D eigenvalue weighted by Gasteiger charge is -2.27. The molecule has 8 heteroatoms. The van der Waals surface area contributed by atoms with Gasteiger partial charge >= 0.3 is 6.18 Å². The molecule has 1 N–H and O–H groups in total. The number of hydrogen-bond acceptors (Lipinski definition) is 4. The van der Waals surface area contributed by atoms with E-state index in [9.17, 15) is 13.2 Å². The van der Waals surface area contributed by atoms with E-state index in [1.54, 1.807) is 7.05 Å². The molecule has 1 fully saturated rings. The molecule has 5 nitrogen and oxygen atoms in total. The van der Waals surface area contributed by atoms with Crippen molar-refractivity contribution in [3.63, 3.8) is 0 Å².